The van der Waals surface area contributed by atoms with Gasteiger partial charge in [0.05, 0.1) is 56.0 Å². The van der Waals surface area contributed by atoms with Crippen LogP contribution < -0.4 is 27.4 Å². The minimum atomic E-state index is -2.51. The zero-order valence-electron chi connectivity index (χ0n) is 75.9. The third kappa shape index (κ3) is 24.2. The van der Waals surface area contributed by atoms with E-state index in [1.54, 1.807) is 59.3 Å². The van der Waals surface area contributed by atoms with Crippen LogP contribution in [0.25, 0.3) is 33.4 Å². The summed E-state index contributed by atoms with van der Waals surface area (Å²) in [5.41, 5.74) is 27.3. The number of nitrogens with one attached hydrogen (secondary N) is 1. The average molecular weight is 1800 g/mol. The second-order valence-corrected chi connectivity index (χ2v) is 36.2. The minimum absolute atomic E-state index is 0.00637. The number of nitrogens with zero attached hydrogens (tertiary/aromatic N) is 13. The number of allylic oxidation sites excluding steroid dienone is 5. The molecule has 4 saturated heterocycles. The van der Waals surface area contributed by atoms with E-state index in [2.05, 4.69) is 47.3 Å². The number of ketones is 2. The molecule has 13 rings (SSSR count). The first kappa shape index (κ1) is 97.0. The fraction of sp³-hybridized carbons (Fsp3) is 0.596. The first-order valence-electron chi connectivity index (χ1n) is 45.9. The minimum Gasteiger partial charge on any atom is -0.459 e. The van der Waals surface area contributed by atoms with Crippen LogP contribution in [0.1, 0.15) is 160 Å². The molecule has 0 unspecified atom stereocenters. The lowest BCUT2D eigenvalue weighted by Gasteiger charge is -2.42. The van der Waals surface area contributed by atoms with Crippen molar-refractivity contribution in [1.29, 1.82) is 0 Å². The molecule has 0 radical (unpaired) electrons. The fourth-order valence-electron chi connectivity index (χ4n) is 18.9. The molecule has 6 aromatic rings. The Labute approximate surface area is 757 Å². The van der Waals surface area contributed by atoms with Crippen LogP contribution in [0.2, 0.25) is 0 Å². The molecule has 36 nitrogen and oxygen atoms in total. The second-order valence-electron chi connectivity index (χ2n) is 36.2. The number of oxazole rings is 1. The van der Waals surface area contributed by atoms with Gasteiger partial charge in [-0.1, -0.05) is 82.4 Å². The standard InChI is InChI=1S/C94H129N17O19/c1-56-14-10-9-11-15-57(2)75(124-7)48-68-22-17-61(6)94(123,130-68)86(119)89(120)110-29-13-12-16-71(110)90(121)127-76(49-72(112)58(3)43-60(5)84(117)85(118)83(116)59(4)42-56)69(95)45-62-19-23-74(77(46-62)125-8)129-93(122)100-52-64-50-98-92(99-51-64)108-37-35-107(36-38-108)80(115)28-40-126-41-39-105-31-33-106(34-32-105)78(113)25-26-79(114)109-30-27-65-44-63(18-20-67(65)54-109)53-111-88-81(87(96)101-55-102-88)82(104-111)66-21-24-73-70(47-66)103-91(97)128-73/h9-11,14-15,18,20-21,24,43-44,47,50-51,55-56,58-59,61-62,68-69,71-72,74-77,84-85,112,117-118,123H,12-13,16-17,19,22-23,25-42,45-46,48-49,52-54,95H2,1-8H3,(H2,97,103)(H,100,122)(H2,96,101,102)/b11-9?,14-10+,57-15?,60-43+/t56-,58-,59-,61-,62+,68+,69-,71+,72-,74-,75+,76+,77-,84-,85+,94-/m1/s1. The van der Waals surface area contributed by atoms with Gasteiger partial charge in [-0.2, -0.15) is 10.1 Å². The zero-order chi connectivity index (χ0) is 92.6. The number of hydrogen-bond acceptors (Lipinski definition) is 30. The molecule has 1 aliphatic carbocycles. The summed E-state index contributed by atoms with van der Waals surface area (Å²) in [6.45, 7) is 17.7. The maximum Gasteiger partial charge on any atom is 0.407 e. The van der Waals surface area contributed by atoms with E-state index in [9.17, 15) is 58.8 Å². The molecule has 4 aromatic heterocycles. The number of carbonyl (C=O) groups is 8. The number of cyclic esters (lactones) is 1. The number of ether oxygens (including phenoxy) is 6. The number of hydrogen-bond donors (Lipinski definition) is 8. The van der Waals surface area contributed by atoms with Gasteiger partial charge in [0, 0.05) is 172 Å². The Morgan fingerprint density at radius 2 is 1.45 bits per heavy atom. The van der Waals surface area contributed by atoms with Gasteiger partial charge in [0.1, 0.15) is 53.8 Å². The summed E-state index contributed by atoms with van der Waals surface area (Å²) in [6, 6.07) is 9.63. The molecule has 2 bridgehead atoms. The molecule has 10 heterocycles. The number of benzene rings is 2. The van der Waals surface area contributed by atoms with Crippen molar-refractivity contribution in [1.82, 2.24) is 64.5 Å². The summed E-state index contributed by atoms with van der Waals surface area (Å²) in [5.74, 6) is -7.90. The monoisotopic (exact) mass is 1800 g/mol. The smallest absolute Gasteiger partial charge is 0.407 e. The summed E-state index contributed by atoms with van der Waals surface area (Å²) in [4.78, 5) is 144. The molecule has 130 heavy (non-hydrogen) atoms. The first-order chi connectivity index (χ1) is 62.4. The van der Waals surface area contributed by atoms with Crippen molar-refractivity contribution >= 4 is 87.2 Å². The molecule has 0 spiro atoms. The molecule has 11 N–H and O–H groups in total. The summed E-state index contributed by atoms with van der Waals surface area (Å²) in [7, 11) is 3.07. The molecule has 6 aliphatic heterocycles. The van der Waals surface area contributed by atoms with Gasteiger partial charge in [0.25, 0.3) is 17.7 Å². The van der Waals surface area contributed by atoms with Crippen LogP contribution in [-0.4, -0.2) is 293 Å². The highest BCUT2D eigenvalue weighted by atomic mass is 16.6. The van der Waals surface area contributed by atoms with Crippen LogP contribution in [0.15, 0.2) is 107 Å². The predicted molar refractivity (Wildman–Crippen MR) is 482 cm³/mol. The molecule has 16 atom stereocenters. The number of piperidine rings is 1. The highest BCUT2D eigenvalue weighted by Gasteiger charge is 2.53. The number of esters is 1. The van der Waals surface area contributed by atoms with Crippen molar-refractivity contribution in [3.63, 3.8) is 0 Å². The number of methoxy groups -OCH3 is 2. The number of nitrogen functional groups attached to an aromatic ring is 2. The number of piperazine rings is 2. The average Bonchev–Trinajstić information content (AvgIpc) is 1.50. The van der Waals surface area contributed by atoms with Crippen molar-refractivity contribution < 1.29 is 91.6 Å². The van der Waals surface area contributed by atoms with Gasteiger partial charge in [0.15, 0.2) is 17.0 Å². The van der Waals surface area contributed by atoms with Gasteiger partial charge in [-0.25, -0.2) is 34.2 Å². The van der Waals surface area contributed by atoms with Crippen molar-refractivity contribution in [2.45, 2.75) is 231 Å². The van der Waals surface area contributed by atoms with Crippen molar-refractivity contribution in [2.24, 2.45) is 35.3 Å². The number of anilines is 3. The van der Waals surface area contributed by atoms with E-state index in [-0.39, 0.29) is 106 Å². The van der Waals surface area contributed by atoms with Crippen LogP contribution in [0, 0.1) is 29.6 Å². The van der Waals surface area contributed by atoms with Crippen molar-refractivity contribution in [3.8, 4) is 11.3 Å². The molecule has 1 saturated carbocycles. The Hall–Kier alpha value is -10.5. The Kier molecular flexibility index (Phi) is 33.3. The Balaban J connectivity index is 0.518. The molecule has 36 heteroatoms. The lowest BCUT2D eigenvalue weighted by atomic mass is 9.80. The lowest BCUT2D eigenvalue weighted by Crippen LogP contribution is -2.61. The van der Waals surface area contributed by atoms with Crippen LogP contribution in [0.5, 0.6) is 0 Å². The summed E-state index contributed by atoms with van der Waals surface area (Å²) in [6.07, 6.45) is 11.8. The third-order valence-electron chi connectivity index (χ3n) is 26.9. The highest BCUT2D eigenvalue weighted by Crippen LogP contribution is 2.40. The lowest BCUT2D eigenvalue weighted by molar-refractivity contribution is -0.265. The van der Waals surface area contributed by atoms with E-state index < -0.39 is 114 Å². The molecule has 5 fully saturated rings. The number of nitrogens with two attached hydrogens (primary N) is 3. The SMILES string of the molecule is CO[C@H]1C[C@@H]2CC[C@@H](C)[C@@](O)(O2)C(=O)C(=O)N2CCCC[C@H]2C(=O)O[C@H]([C@H](N)C[C@@H]2CC[C@@H](OC(=O)NCc3cnc(N4CCN(C(=O)CCOCCN5CCN(C(=O)CCC(=O)N6CCc7cc(Cn8nc(-c9ccc%10oc(N)nc%10c9)c9c(N)ncnc98)ccc7C6)CC5)CC4)nc3)[C@H](OC)C2)C[C@@H](O)[C@H](C)/C=C(\C)[C@@H](O)[C@@H](O)C(=O)[C@H](C)C[C@H](C)/C=C/C=CC=C1C. The van der Waals surface area contributed by atoms with E-state index in [4.69, 9.17) is 55.1 Å². The second kappa shape index (κ2) is 44.6. The third-order valence-corrected chi connectivity index (χ3v) is 26.9. The zero-order valence-corrected chi connectivity index (χ0v) is 75.9. The van der Waals surface area contributed by atoms with Crippen molar-refractivity contribution in [2.75, 3.05) is 116 Å². The number of aromatic nitrogens is 7. The molecular weight excluding hydrogens is 1670 g/mol. The Morgan fingerprint density at radius 3 is 2.20 bits per heavy atom. The van der Waals surface area contributed by atoms with E-state index >= 15 is 0 Å². The van der Waals surface area contributed by atoms with Crippen LogP contribution >= 0.6 is 0 Å². The summed E-state index contributed by atoms with van der Waals surface area (Å²) in [5, 5.41) is 55.2. The quantitative estimate of drug-likeness (QED) is 0.0166. The number of Topliss-reactive ketones (excluding diaryl/α,β-unsaturated/α-hetero) is 2. The van der Waals surface area contributed by atoms with Gasteiger partial charge >= 0.3 is 12.1 Å². The largest absolute Gasteiger partial charge is 0.459 e. The normalized spacial score (nSPS) is 28.1. The van der Waals surface area contributed by atoms with Crippen LogP contribution in [0.3, 0.4) is 0 Å². The Bertz CT molecular complexity index is 5080. The molecular formula is C94H129N17O19. The molecule has 5 amide bonds. The van der Waals surface area contributed by atoms with Crippen LogP contribution in [-0.2, 0) is 88.0 Å². The van der Waals surface area contributed by atoms with E-state index in [0.717, 1.165) is 32.7 Å². The van der Waals surface area contributed by atoms with Gasteiger partial charge in [-0.3, -0.25) is 33.7 Å². The number of fused-ring (bicyclic) bond motifs is 6. The fourth-order valence-corrected chi connectivity index (χ4v) is 18.9. The first-order valence-corrected chi connectivity index (χ1v) is 45.9. The maximum absolute atomic E-state index is 14.8. The van der Waals surface area contributed by atoms with Gasteiger partial charge in [-0.15, -0.1) is 0 Å². The Morgan fingerprint density at radius 1 is 0.715 bits per heavy atom. The predicted octanol–water partition coefficient (Wildman–Crippen LogP) is 6.46. The highest BCUT2D eigenvalue weighted by molar-refractivity contribution is 6.39. The summed E-state index contributed by atoms with van der Waals surface area (Å²) < 4.78 is 43.5. The number of alkyl carbamates (subject to hydrolysis) is 1. The molecule has 704 valence electrons. The topological polar surface area (TPSA) is 478 Å². The number of aliphatic hydroxyl groups excluding tert-OH is 3. The maximum atomic E-state index is 14.8. The van der Waals surface area contributed by atoms with Crippen LogP contribution in [0.4, 0.5) is 22.6 Å². The number of amides is 5. The molecule has 2 aromatic carbocycles. The van der Waals surface area contributed by atoms with E-state index in [1.165, 1.54) is 13.4 Å². The molecule has 7 aliphatic rings. The van der Waals surface area contributed by atoms with E-state index in [1.807, 2.05) is 86.7 Å². The number of aliphatic hydroxyl groups is 4. The van der Waals surface area contributed by atoms with E-state index in [0.29, 0.717) is 188 Å². The van der Waals surface area contributed by atoms with Crippen molar-refractivity contribution in [3.05, 3.63) is 125 Å². The van der Waals surface area contributed by atoms with Gasteiger partial charge in [-0.05, 0) is 142 Å². The summed E-state index contributed by atoms with van der Waals surface area (Å²) >= 11 is 0. The number of carbonyl (C=O) groups excluding carboxylic acids is 8. The van der Waals surface area contributed by atoms with Gasteiger partial charge in [0.2, 0.25) is 29.5 Å². The number of rotatable bonds is 21. The van der Waals surface area contributed by atoms with Gasteiger partial charge < -0.3 is 100 Å².